The van der Waals surface area contributed by atoms with Crippen molar-refractivity contribution in [3.8, 4) is 0 Å². The first-order valence-corrected chi connectivity index (χ1v) is 13.6. The van der Waals surface area contributed by atoms with Gasteiger partial charge in [0.15, 0.2) is 0 Å². The Bertz CT molecular complexity index is 738. The van der Waals surface area contributed by atoms with E-state index >= 15 is 0 Å². The Morgan fingerprint density at radius 3 is 2.15 bits per heavy atom. The summed E-state index contributed by atoms with van der Waals surface area (Å²) in [5.41, 5.74) is -0.162. The van der Waals surface area contributed by atoms with Crippen LogP contribution in [0.3, 0.4) is 0 Å². The number of rotatable bonds is 5. The fourth-order valence-electron chi connectivity index (χ4n) is 9.23. The maximum Gasteiger partial charge on any atom is 0.136 e. The molecule has 4 saturated carbocycles. The van der Waals surface area contributed by atoms with Crippen molar-refractivity contribution in [2.24, 2.45) is 58.2 Å². The van der Waals surface area contributed by atoms with Crippen molar-refractivity contribution in [3.63, 3.8) is 0 Å². The maximum atomic E-state index is 13.3. The van der Waals surface area contributed by atoms with E-state index in [-0.39, 0.29) is 34.4 Å². The molecule has 5 heteroatoms. The monoisotopic (exact) mass is 464 g/mol. The van der Waals surface area contributed by atoms with Crippen LogP contribution >= 0.6 is 0 Å². The average molecular weight is 465 g/mol. The Balaban J connectivity index is 1.56. The molecule has 0 saturated heterocycles. The van der Waals surface area contributed by atoms with E-state index in [0.717, 1.165) is 25.7 Å². The average Bonchev–Trinajstić information content (AvgIpc) is 3.10. The molecule has 0 aromatic heterocycles. The molecule has 0 unspecified atom stereocenters. The smallest absolute Gasteiger partial charge is 0.136 e. The molecule has 5 nitrogen and oxygen atoms in total. The highest BCUT2D eigenvalue weighted by atomic mass is 16.3. The Hall–Kier alpha value is -0.490. The van der Waals surface area contributed by atoms with E-state index in [1.54, 1.807) is 0 Å². The third-order valence-corrected chi connectivity index (χ3v) is 11.7. The van der Waals surface area contributed by atoms with E-state index in [2.05, 4.69) is 34.6 Å². The van der Waals surface area contributed by atoms with Gasteiger partial charge in [-0.15, -0.1) is 0 Å². The van der Waals surface area contributed by atoms with Gasteiger partial charge in [0.05, 0.1) is 24.4 Å². The number of hydrogen-bond acceptors (Lipinski definition) is 5. The molecule has 190 valence electrons. The molecule has 0 amide bonds. The van der Waals surface area contributed by atoms with E-state index in [4.69, 9.17) is 0 Å². The molecule has 4 aliphatic rings. The quantitative estimate of drug-likeness (QED) is 0.496. The molecular formula is C28H48O5. The zero-order valence-corrected chi connectivity index (χ0v) is 21.6. The molecule has 4 N–H and O–H groups in total. The third kappa shape index (κ3) is 3.93. The van der Waals surface area contributed by atoms with Crippen molar-refractivity contribution < 1.29 is 25.2 Å². The van der Waals surface area contributed by atoms with Crippen LogP contribution in [-0.4, -0.2) is 50.6 Å². The van der Waals surface area contributed by atoms with Crippen LogP contribution in [0.15, 0.2) is 0 Å². The van der Waals surface area contributed by atoms with Gasteiger partial charge in [0.2, 0.25) is 0 Å². The van der Waals surface area contributed by atoms with Gasteiger partial charge in [-0.25, -0.2) is 0 Å². The van der Waals surface area contributed by atoms with Gasteiger partial charge in [0.25, 0.3) is 0 Å². The second-order valence-electron chi connectivity index (χ2n) is 13.4. The zero-order chi connectivity index (χ0) is 24.5. The molecule has 13 atom stereocenters. The summed E-state index contributed by atoms with van der Waals surface area (Å²) < 4.78 is 0. The minimum absolute atomic E-state index is 0.0158. The lowest BCUT2D eigenvalue weighted by molar-refractivity contribution is -0.175. The van der Waals surface area contributed by atoms with Crippen LogP contribution in [0.2, 0.25) is 0 Å². The van der Waals surface area contributed by atoms with E-state index in [0.29, 0.717) is 48.9 Å². The summed E-state index contributed by atoms with van der Waals surface area (Å²) in [4.78, 5) is 13.3. The van der Waals surface area contributed by atoms with Gasteiger partial charge < -0.3 is 20.4 Å². The number of hydrogen-bond donors (Lipinski definition) is 4. The summed E-state index contributed by atoms with van der Waals surface area (Å²) in [6.07, 6.45) is 2.80. The lowest BCUT2D eigenvalue weighted by atomic mass is 9.44. The molecular weight excluding hydrogens is 416 g/mol. The van der Waals surface area contributed by atoms with Gasteiger partial charge in [0.1, 0.15) is 5.78 Å². The van der Waals surface area contributed by atoms with Crippen LogP contribution in [-0.2, 0) is 4.79 Å². The number of ketones is 1. The van der Waals surface area contributed by atoms with Gasteiger partial charge in [-0.1, -0.05) is 41.5 Å². The Morgan fingerprint density at radius 2 is 1.52 bits per heavy atom. The minimum Gasteiger partial charge on any atom is -0.390 e. The van der Waals surface area contributed by atoms with Crippen LogP contribution < -0.4 is 0 Å². The molecule has 0 aromatic rings. The summed E-state index contributed by atoms with van der Waals surface area (Å²) in [7, 11) is 0. The lowest BCUT2D eigenvalue weighted by Gasteiger charge is -2.61. The van der Waals surface area contributed by atoms with Crippen molar-refractivity contribution in [1.29, 1.82) is 0 Å². The topological polar surface area (TPSA) is 98.0 Å². The SMILES string of the molecule is CC(C)[C@@H](C)[C@@H](O)[C@H](O)[C@@H](C)[C@H]1CC[C@H]2[C@@H]3CC(=O)[C@@H]4C[C@@H](O)[C@H](O)C[C@]4(C)[C@H]3CC[C@@]12C. The molecule has 4 aliphatic carbocycles. The van der Waals surface area contributed by atoms with Crippen LogP contribution in [0.1, 0.15) is 86.5 Å². The molecule has 0 radical (unpaired) electrons. The molecule has 0 aromatic carbocycles. The van der Waals surface area contributed by atoms with E-state index in [1.165, 1.54) is 0 Å². The van der Waals surface area contributed by atoms with Gasteiger partial charge in [-0.3, -0.25) is 4.79 Å². The highest BCUT2D eigenvalue weighted by Crippen LogP contribution is 2.67. The summed E-state index contributed by atoms with van der Waals surface area (Å²) in [5.74, 6) is 2.05. The highest BCUT2D eigenvalue weighted by Gasteiger charge is 2.63. The van der Waals surface area contributed by atoms with Gasteiger partial charge in [-0.2, -0.15) is 0 Å². The largest absolute Gasteiger partial charge is 0.390 e. The van der Waals surface area contributed by atoms with Gasteiger partial charge >= 0.3 is 0 Å². The van der Waals surface area contributed by atoms with Crippen LogP contribution in [0.25, 0.3) is 0 Å². The standard InChI is InChI=1S/C28H48O5/c1-14(2)15(3)25(32)26(33)16(4)18-7-8-19-17-11-22(29)21-12-23(30)24(31)13-28(21,6)20(17)9-10-27(18,19)5/h14-21,23-26,30-33H,7-13H2,1-6H3/t15-,16+,17+,18-,19+,20+,21+,23-,24-,25-,26-,27+,28-/m1/s1. The summed E-state index contributed by atoms with van der Waals surface area (Å²) in [6.45, 7) is 12.9. The van der Waals surface area contributed by atoms with Crippen molar-refractivity contribution >= 4 is 5.78 Å². The predicted molar refractivity (Wildman–Crippen MR) is 128 cm³/mol. The van der Waals surface area contributed by atoms with Gasteiger partial charge in [0, 0.05) is 12.3 Å². The fraction of sp³-hybridized carbons (Fsp3) is 0.964. The molecule has 0 spiro atoms. The Kier molecular flexibility index (Phi) is 6.88. The maximum absolute atomic E-state index is 13.3. The first kappa shape index (κ1) is 25.6. The van der Waals surface area contributed by atoms with Crippen LogP contribution in [0.4, 0.5) is 0 Å². The normalized spacial score (nSPS) is 49.1. The number of carbonyl (C=O) groups is 1. The fourth-order valence-corrected chi connectivity index (χ4v) is 9.23. The number of Topliss-reactive ketones (excluding diaryl/α,β-unsaturated/α-hetero) is 1. The Labute approximate surface area is 200 Å². The third-order valence-electron chi connectivity index (χ3n) is 11.7. The van der Waals surface area contributed by atoms with E-state index in [1.807, 2.05) is 6.92 Å². The molecule has 0 bridgehead atoms. The summed E-state index contributed by atoms with van der Waals surface area (Å²) in [6, 6.07) is 0. The summed E-state index contributed by atoms with van der Waals surface area (Å²) in [5, 5.41) is 42.8. The number of aliphatic hydroxyl groups is 4. The van der Waals surface area contributed by atoms with E-state index < -0.39 is 24.4 Å². The molecule has 4 fully saturated rings. The number of fused-ring (bicyclic) bond motifs is 5. The number of aliphatic hydroxyl groups excluding tert-OH is 4. The molecule has 4 rings (SSSR count). The first-order valence-electron chi connectivity index (χ1n) is 13.6. The second-order valence-corrected chi connectivity index (χ2v) is 13.4. The van der Waals surface area contributed by atoms with E-state index in [9.17, 15) is 25.2 Å². The molecule has 0 heterocycles. The predicted octanol–water partition coefficient (Wildman–Crippen LogP) is 3.81. The number of carbonyl (C=O) groups excluding carboxylic acids is 1. The highest BCUT2D eigenvalue weighted by molar-refractivity contribution is 5.83. The van der Waals surface area contributed by atoms with Crippen molar-refractivity contribution in [3.05, 3.63) is 0 Å². The first-order chi connectivity index (χ1) is 15.3. The molecule has 0 aliphatic heterocycles. The Morgan fingerprint density at radius 1 is 0.879 bits per heavy atom. The van der Waals surface area contributed by atoms with Crippen LogP contribution in [0, 0.1) is 58.2 Å². The summed E-state index contributed by atoms with van der Waals surface area (Å²) >= 11 is 0. The zero-order valence-electron chi connectivity index (χ0n) is 21.6. The molecule has 33 heavy (non-hydrogen) atoms. The minimum atomic E-state index is -0.782. The lowest BCUT2D eigenvalue weighted by Crippen LogP contribution is -2.59. The second kappa shape index (κ2) is 8.87. The van der Waals surface area contributed by atoms with Crippen molar-refractivity contribution in [2.45, 2.75) is 111 Å². The van der Waals surface area contributed by atoms with Gasteiger partial charge in [-0.05, 0) is 90.8 Å². The van der Waals surface area contributed by atoms with Crippen molar-refractivity contribution in [1.82, 2.24) is 0 Å². The van der Waals surface area contributed by atoms with Crippen molar-refractivity contribution in [2.75, 3.05) is 0 Å². The van der Waals surface area contributed by atoms with Crippen LogP contribution in [0.5, 0.6) is 0 Å².